The van der Waals surface area contributed by atoms with Gasteiger partial charge in [-0.2, -0.15) is 0 Å². The van der Waals surface area contributed by atoms with Crippen LogP contribution in [0.15, 0.2) is 30.6 Å². The van der Waals surface area contributed by atoms with Gasteiger partial charge >= 0.3 is 0 Å². The van der Waals surface area contributed by atoms with Crippen molar-refractivity contribution in [3.05, 3.63) is 36.2 Å². The SMILES string of the molecule is CCCNc1ncnc(Nc2cccc(C)c2)c1N. The van der Waals surface area contributed by atoms with Crippen LogP contribution in [0, 0.1) is 6.92 Å². The summed E-state index contributed by atoms with van der Waals surface area (Å²) in [6.45, 7) is 4.98. The van der Waals surface area contributed by atoms with E-state index < -0.39 is 0 Å². The number of hydrogen-bond donors (Lipinski definition) is 3. The third-order valence-electron chi connectivity index (χ3n) is 2.71. The lowest BCUT2D eigenvalue weighted by atomic mass is 10.2. The summed E-state index contributed by atoms with van der Waals surface area (Å²) < 4.78 is 0. The number of nitrogen functional groups attached to an aromatic ring is 1. The van der Waals surface area contributed by atoms with Gasteiger partial charge < -0.3 is 16.4 Å². The van der Waals surface area contributed by atoms with Gasteiger partial charge in [0.2, 0.25) is 0 Å². The van der Waals surface area contributed by atoms with Gasteiger partial charge in [0.05, 0.1) is 0 Å². The molecule has 0 aliphatic rings. The van der Waals surface area contributed by atoms with E-state index in [9.17, 15) is 0 Å². The third-order valence-corrected chi connectivity index (χ3v) is 2.71. The van der Waals surface area contributed by atoms with Gasteiger partial charge in [0.25, 0.3) is 0 Å². The number of nitrogens with zero attached hydrogens (tertiary/aromatic N) is 2. The van der Waals surface area contributed by atoms with Gasteiger partial charge in [-0.1, -0.05) is 19.1 Å². The summed E-state index contributed by atoms with van der Waals surface area (Å²) in [6, 6.07) is 8.06. The van der Waals surface area contributed by atoms with Crippen molar-refractivity contribution >= 4 is 23.0 Å². The fraction of sp³-hybridized carbons (Fsp3) is 0.286. The van der Waals surface area contributed by atoms with Gasteiger partial charge in [-0.15, -0.1) is 0 Å². The van der Waals surface area contributed by atoms with Crippen LogP contribution in [0.1, 0.15) is 18.9 Å². The van der Waals surface area contributed by atoms with Crippen LogP contribution in [0.5, 0.6) is 0 Å². The fourth-order valence-corrected chi connectivity index (χ4v) is 1.74. The fourth-order valence-electron chi connectivity index (χ4n) is 1.74. The molecule has 5 heteroatoms. The molecule has 2 rings (SSSR count). The maximum Gasteiger partial charge on any atom is 0.159 e. The number of anilines is 4. The van der Waals surface area contributed by atoms with E-state index in [0.717, 1.165) is 18.7 Å². The molecule has 0 amide bonds. The number of benzene rings is 1. The minimum absolute atomic E-state index is 0.539. The van der Waals surface area contributed by atoms with Gasteiger partial charge in [0.15, 0.2) is 11.6 Å². The number of aryl methyl sites for hydroxylation is 1. The van der Waals surface area contributed by atoms with Crippen molar-refractivity contribution in [3.63, 3.8) is 0 Å². The Morgan fingerprint density at radius 2 is 2.00 bits per heavy atom. The molecular weight excluding hydrogens is 238 g/mol. The molecule has 100 valence electrons. The highest BCUT2D eigenvalue weighted by Crippen LogP contribution is 2.25. The number of aromatic nitrogens is 2. The van der Waals surface area contributed by atoms with Crippen molar-refractivity contribution in [1.82, 2.24) is 9.97 Å². The number of rotatable bonds is 5. The molecule has 0 aliphatic carbocycles. The zero-order valence-corrected chi connectivity index (χ0v) is 11.3. The van der Waals surface area contributed by atoms with Crippen molar-refractivity contribution in [2.45, 2.75) is 20.3 Å². The average molecular weight is 257 g/mol. The Bertz CT molecular complexity index is 553. The van der Waals surface area contributed by atoms with Crippen LogP contribution in [0.25, 0.3) is 0 Å². The molecule has 0 saturated carbocycles. The van der Waals surface area contributed by atoms with E-state index in [-0.39, 0.29) is 0 Å². The van der Waals surface area contributed by atoms with Crippen LogP contribution < -0.4 is 16.4 Å². The molecule has 1 heterocycles. The second-order valence-corrected chi connectivity index (χ2v) is 4.41. The zero-order chi connectivity index (χ0) is 13.7. The van der Waals surface area contributed by atoms with E-state index in [1.165, 1.54) is 11.9 Å². The summed E-state index contributed by atoms with van der Waals surface area (Å²) in [7, 11) is 0. The molecule has 0 atom stereocenters. The van der Waals surface area contributed by atoms with Gasteiger partial charge in [0, 0.05) is 12.2 Å². The molecule has 2 aromatic rings. The minimum atomic E-state index is 0.539. The molecule has 19 heavy (non-hydrogen) atoms. The normalized spacial score (nSPS) is 10.2. The predicted molar refractivity (Wildman–Crippen MR) is 79.7 cm³/mol. The molecule has 0 radical (unpaired) electrons. The smallest absolute Gasteiger partial charge is 0.159 e. The molecule has 4 N–H and O–H groups in total. The Balaban J connectivity index is 2.20. The molecule has 5 nitrogen and oxygen atoms in total. The highest BCUT2D eigenvalue weighted by molar-refractivity contribution is 5.77. The average Bonchev–Trinajstić information content (AvgIpc) is 2.40. The van der Waals surface area contributed by atoms with Crippen LogP contribution in [-0.4, -0.2) is 16.5 Å². The third kappa shape index (κ3) is 3.34. The molecule has 0 saturated heterocycles. The van der Waals surface area contributed by atoms with E-state index in [4.69, 9.17) is 5.73 Å². The molecule has 0 bridgehead atoms. The highest BCUT2D eigenvalue weighted by atomic mass is 15.1. The van der Waals surface area contributed by atoms with Crippen LogP contribution in [0.2, 0.25) is 0 Å². The summed E-state index contributed by atoms with van der Waals surface area (Å²) in [4.78, 5) is 8.33. The van der Waals surface area contributed by atoms with E-state index >= 15 is 0 Å². The van der Waals surface area contributed by atoms with Crippen molar-refractivity contribution < 1.29 is 0 Å². The van der Waals surface area contributed by atoms with Crippen LogP contribution in [0.3, 0.4) is 0 Å². The quantitative estimate of drug-likeness (QED) is 0.767. The Hall–Kier alpha value is -2.30. The molecule has 0 aliphatic heterocycles. The predicted octanol–water partition coefficient (Wildman–Crippen LogP) is 2.93. The van der Waals surface area contributed by atoms with Gasteiger partial charge in [-0.05, 0) is 31.0 Å². The minimum Gasteiger partial charge on any atom is -0.393 e. The number of nitrogens with one attached hydrogen (secondary N) is 2. The summed E-state index contributed by atoms with van der Waals surface area (Å²) in [5.41, 5.74) is 8.75. The molecule has 0 spiro atoms. The van der Waals surface area contributed by atoms with Crippen molar-refractivity contribution in [1.29, 1.82) is 0 Å². The standard InChI is InChI=1S/C14H19N5/c1-3-7-16-13-12(15)14(18-9-17-13)19-11-6-4-5-10(2)8-11/h4-6,8-9H,3,7,15H2,1-2H3,(H2,16,17,18,19). The summed E-state index contributed by atoms with van der Waals surface area (Å²) in [6.07, 6.45) is 2.52. The summed E-state index contributed by atoms with van der Waals surface area (Å²) in [5, 5.41) is 6.40. The zero-order valence-electron chi connectivity index (χ0n) is 11.3. The Kier molecular flexibility index (Phi) is 4.18. The van der Waals surface area contributed by atoms with Crippen molar-refractivity contribution in [2.24, 2.45) is 0 Å². The van der Waals surface area contributed by atoms with Gasteiger partial charge in [0.1, 0.15) is 12.0 Å². The van der Waals surface area contributed by atoms with Crippen molar-refractivity contribution in [2.75, 3.05) is 22.9 Å². The first-order chi connectivity index (χ1) is 9.20. The molecule has 0 unspecified atom stereocenters. The first-order valence-corrected chi connectivity index (χ1v) is 6.38. The Morgan fingerprint density at radius 3 is 2.74 bits per heavy atom. The summed E-state index contributed by atoms with van der Waals surface area (Å²) >= 11 is 0. The molecule has 0 fully saturated rings. The first-order valence-electron chi connectivity index (χ1n) is 6.38. The van der Waals surface area contributed by atoms with E-state index in [2.05, 4.69) is 27.5 Å². The second-order valence-electron chi connectivity index (χ2n) is 4.41. The molecule has 1 aromatic heterocycles. The lowest BCUT2D eigenvalue weighted by Crippen LogP contribution is -2.08. The lowest BCUT2D eigenvalue weighted by Gasteiger charge is -2.12. The topological polar surface area (TPSA) is 75.9 Å². The lowest BCUT2D eigenvalue weighted by molar-refractivity contribution is 0.966. The summed E-state index contributed by atoms with van der Waals surface area (Å²) in [5.74, 6) is 1.30. The largest absolute Gasteiger partial charge is 0.393 e. The number of nitrogens with two attached hydrogens (primary N) is 1. The highest BCUT2D eigenvalue weighted by Gasteiger charge is 2.07. The number of hydrogen-bond acceptors (Lipinski definition) is 5. The monoisotopic (exact) mass is 257 g/mol. The van der Waals surface area contributed by atoms with Gasteiger partial charge in [-0.3, -0.25) is 0 Å². The van der Waals surface area contributed by atoms with Crippen LogP contribution in [0.4, 0.5) is 23.0 Å². The van der Waals surface area contributed by atoms with Gasteiger partial charge in [-0.25, -0.2) is 9.97 Å². The Labute approximate surface area is 113 Å². The molecule has 1 aromatic carbocycles. The Morgan fingerprint density at radius 1 is 1.21 bits per heavy atom. The van der Waals surface area contributed by atoms with Crippen molar-refractivity contribution in [3.8, 4) is 0 Å². The van der Waals surface area contributed by atoms with E-state index in [1.807, 2.05) is 31.2 Å². The first kappa shape index (κ1) is 13.1. The second kappa shape index (κ2) is 6.04. The molecular formula is C14H19N5. The van der Waals surface area contributed by atoms with Crippen LogP contribution >= 0.6 is 0 Å². The van der Waals surface area contributed by atoms with E-state index in [1.54, 1.807) is 0 Å². The maximum absolute atomic E-state index is 6.06. The maximum atomic E-state index is 6.06. The van der Waals surface area contributed by atoms with Crippen LogP contribution in [-0.2, 0) is 0 Å². The van der Waals surface area contributed by atoms with E-state index in [0.29, 0.717) is 17.3 Å².